The number of benzene rings is 1. The molecule has 1 heterocycles. The van der Waals surface area contributed by atoms with Crippen molar-refractivity contribution in [2.75, 3.05) is 6.54 Å². The van der Waals surface area contributed by atoms with Crippen LogP contribution in [0.1, 0.15) is 41.6 Å². The van der Waals surface area contributed by atoms with Gasteiger partial charge in [0, 0.05) is 0 Å². The Morgan fingerprint density at radius 1 is 1.04 bits per heavy atom. The molecule has 1 aliphatic heterocycles. The van der Waals surface area contributed by atoms with Gasteiger partial charge in [0.15, 0.2) is 0 Å². The fourth-order valence-corrected chi connectivity index (χ4v) is 4.15. The number of hydrogen-bond donors (Lipinski definition) is 3. The summed E-state index contributed by atoms with van der Waals surface area (Å²) in [7, 11) is 0. The van der Waals surface area contributed by atoms with Crippen molar-refractivity contribution >= 4 is 11.9 Å². The van der Waals surface area contributed by atoms with Crippen LogP contribution in [0.5, 0.6) is 0 Å². The number of fused-ring (bicyclic) bond motifs is 1. The number of hydrogen-bond acceptors (Lipinski definition) is 3. The van der Waals surface area contributed by atoms with Crippen LogP contribution in [0.4, 0.5) is 0 Å². The van der Waals surface area contributed by atoms with Crippen molar-refractivity contribution in [1.29, 1.82) is 0 Å². The van der Waals surface area contributed by atoms with Crippen molar-refractivity contribution in [3.8, 4) is 0 Å². The number of aliphatic carboxylic acids is 1. The first-order chi connectivity index (χ1) is 11.0. The molecule has 3 N–H and O–H groups in total. The second-order valence-corrected chi connectivity index (χ2v) is 6.94. The van der Waals surface area contributed by atoms with Crippen molar-refractivity contribution in [3.63, 3.8) is 0 Å². The summed E-state index contributed by atoms with van der Waals surface area (Å²) in [5.74, 6) is 0.0337. The van der Waals surface area contributed by atoms with Crippen LogP contribution in [0.2, 0.25) is 0 Å². The Hall–Kier alpha value is -1.88. The van der Waals surface area contributed by atoms with E-state index in [0.29, 0.717) is 23.3 Å². The van der Waals surface area contributed by atoms with E-state index in [1.165, 1.54) is 12.0 Å². The minimum Gasteiger partial charge on any atom is -0.480 e. The van der Waals surface area contributed by atoms with Gasteiger partial charge >= 0.3 is 11.9 Å². The van der Waals surface area contributed by atoms with Crippen LogP contribution in [0.3, 0.4) is 0 Å². The lowest BCUT2D eigenvalue weighted by atomic mass is 9.68. The molecule has 0 bridgehead atoms. The third-order valence-electron chi connectivity index (χ3n) is 5.44. The molecule has 5 nitrogen and oxygen atoms in total. The van der Waals surface area contributed by atoms with E-state index in [1.807, 2.05) is 12.1 Å². The van der Waals surface area contributed by atoms with Crippen molar-refractivity contribution in [3.05, 3.63) is 35.4 Å². The highest BCUT2D eigenvalue weighted by molar-refractivity contribution is 5.87. The number of nitrogens with one attached hydrogen (secondary N) is 1. The molecular formula is C18H23NO4. The largest absolute Gasteiger partial charge is 0.480 e. The third-order valence-corrected chi connectivity index (χ3v) is 5.44. The molecule has 124 valence electrons. The number of carbonyl (C=O) groups is 2. The van der Waals surface area contributed by atoms with E-state index in [2.05, 4.69) is 5.32 Å². The predicted octanol–water partition coefficient (Wildman–Crippen LogP) is 2.41. The smallest absolute Gasteiger partial charge is 0.335 e. The van der Waals surface area contributed by atoms with E-state index in [1.54, 1.807) is 12.1 Å². The van der Waals surface area contributed by atoms with Gasteiger partial charge in [-0.3, -0.25) is 4.79 Å². The number of carboxylic acid groups (broad SMARTS) is 2. The molecule has 1 aromatic carbocycles. The van der Waals surface area contributed by atoms with E-state index in [-0.39, 0.29) is 0 Å². The SMILES string of the molecule is O=C(O)c1ccc(CC2CCC3CNC(C(=O)O)CC3C2)cc1. The van der Waals surface area contributed by atoms with Gasteiger partial charge in [0.2, 0.25) is 0 Å². The summed E-state index contributed by atoms with van der Waals surface area (Å²) in [6, 6.07) is 6.73. The molecule has 4 unspecified atom stereocenters. The highest BCUT2D eigenvalue weighted by Crippen LogP contribution is 2.39. The first-order valence-electron chi connectivity index (χ1n) is 8.31. The second kappa shape index (κ2) is 6.71. The third kappa shape index (κ3) is 3.72. The molecule has 0 spiro atoms. The molecule has 2 fully saturated rings. The summed E-state index contributed by atoms with van der Waals surface area (Å²) in [6.07, 6.45) is 5.09. The molecule has 3 rings (SSSR count). The van der Waals surface area contributed by atoms with Gasteiger partial charge in [-0.1, -0.05) is 12.1 Å². The van der Waals surface area contributed by atoms with Gasteiger partial charge in [-0.05, 0) is 74.1 Å². The molecule has 1 saturated carbocycles. The zero-order valence-electron chi connectivity index (χ0n) is 13.1. The molecule has 1 aliphatic carbocycles. The van der Waals surface area contributed by atoms with E-state index in [9.17, 15) is 14.7 Å². The fraction of sp³-hybridized carbons (Fsp3) is 0.556. The highest BCUT2D eigenvalue weighted by atomic mass is 16.4. The lowest BCUT2D eigenvalue weighted by Crippen LogP contribution is -2.49. The van der Waals surface area contributed by atoms with E-state index in [4.69, 9.17) is 5.11 Å². The van der Waals surface area contributed by atoms with Crippen LogP contribution in [0.25, 0.3) is 0 Å². The molecule has 1 saturated heterocycles. The molecular weight excluding hydrogens is 294 g/mol. The number of rotatable bonds is 4. The quantitative estimate of drug-likeness (QED) is 0.794. The molecule has 5 heteroatoms. The summed E-state index contributed by atoms with van der Waals surface area (Å²) in [5.41, 5.74) is 1.49. The van der Waals surface area contributed by atoms with Crippen molar-refractivity contribution in [2.45, 2.75) is 38.1 Å². The predicted molar refractivity (Wildman–Crippen MR) is 85.5 cm³/mol. The maximum absolute atomic E-state index is 11.2. The van der Waals surface area contributed by atoms with Crippen molar-refractivity contribution < 1.29 is 19.8 Å². The number of piperidine rings is 1. The van der Waals surface area contributed by atoms with Crippen LogP contribution < -0.4 is 5.32 Å². The Balaban J connectivity index is 1.59. The maximum atomic E-state index is 11.2. The average Bonchev–Trinajstić information content (AvgIpc) is 2.54. The van der Waals surface area contributed by atoms with Crippen LogP contribution in [0, 0.1) is 17.8 Å². The highest BCUT2D eigenvalue weighted by Gasteiger charge is 2.37. The van der Waals surface area contributed by atoms with E-state index >= 15 is 0 Å². The second-order valence-electron chi connectivity index (χ2n) is 6.94. The van der Waals surface area contributed by atoms with Crippen molar-refractivity contribution in [2.24, 2.45) is 17.8 Å². The lowest BCUT2D eigenvalue weighted by molar-refractivity contribution is -0.141. The van der Waals surface area contributed by atoms with Gasteiger partial charge in [0.25, 0.3) is 0 Å². The Morgan fingerprint density at radius 2 is 1.78 bits per heavy atom. The molecule has 4 atom stereocenters. The number of aromatic carboxylic acids is 1. The van der Waals surface area contributed by atoms with Gasteiger partial charge in [0.05, 0.1) is 5.56 Å². The van der Waals surface area contributed by atoms with Gasteiger partial charge in [0.1, 0.15) is 6.04 Å². The molecule has 2 aliphatic rings. The minimum atomic E-state index is -0.897. The fourth-order valence-electron chi connectivity index (χ4n) is 4.15. The van der Waals surface area contributed by atoms with Gasteiger partial charge in [-0.2, -0.15) is 0 Å². The van der Waals surface area contributed by atoms with Crippen LogP contribution >= 0.6 is 0 Å². The summed E-state index contributed by atoms with van der Waals surface area (Å²) in [4.78, 5) is 22.1. The van der Waals surface area contributed by atoms with Gasteiger partial charge in [-0.15, -0.1) is 0 Å². The van der Waals surface area contributed by atoms with Crippen LogP contribution in [-0.4, -0.2) is 34.7 Å². The van der Waals surface area contributed by atoms with E-state index in [0.717, 1.165) is 32.2 Å². The molecule has 0 amide bonds. The molecule has 1 aromatic rings. The Bertz CT molecular complexity index is 583. The van der Waals surface area contributed by atoms with Gasteiger partial charge in [-0.25, -0.2) is 4.79 Å². The molecule has 0 radical (unpaired) electrons. The monoisotopic (exact) mass is 317 g/mol. The Kier molecular flexibility index (Phi) is 4.66. The summed E-state index contributed by atoms with van der Waals surface area (Å²) >= 11 is 0. The van der Waals surface area contributed by atoms with Crippen molar-refractivity contribution in [1.82, 2.24) is 5.32 Å². The summed E-state index contributed by atoms with van der Waals surface area (Å²) in [5, 5.41) is 21.3. The van der Waals surface area contributed by atoms with Gasteiger partial charge < -0.3 is 15.5 Å². The number of carboxylic acids is 2. The lowest BCUT2D eigenvalue weighted by Gasteiger charge is -2.41. The first-order valence-corrected chi connectivity index (χ1v) is 8.31. The summed E-state index contributed by atoms with van der Waals surface area (Å²) in [6.45, 7) is 0.821. The van der Waals surface area contributed by atoms with Crippen LogP contribution in [0.15, 0.2) is 24.3 Å². The molecule has 23 heavy (non-hydrogen) atoms. The Morgan fingerprint density at radius 3 is 2.43 bits per heavy atom. The summed E-state index contributed by atoms with van der Waals surface area (Å²) < 4.78 is 0. The zero-order chi connectivity index (χ0) is 16.4. The normalized spacial score (nSPS) is 30.4. The maximum Gasteiger partial charge on any atom is 0.335 e. The topological polar surface area (TPSA) is 86.6 Å². The first kappa shape index (κ1) is 16.0. The standard InChI is InChI=1S/C18H23NO4/c20-17(21)13-4-1-11(2-5-13)7-12-3-6-14-10-19-16(18(22)23)9-15(14)8-12/h1-2,4-5,12,14-16,19H,3,6-10H2,(H,20,21)(H,22,23). The van der Waals surface area contributed by atoms with Crippen LogP contribution in [-0.2, 0) is 11.2 Å². The molecule has 0 aromatic heterocycles. The zero-order valence-corrected chi connectivity index (χ0v) is 13.1. The Labute approximate surface area is 135 Å². The minimum absolute atomic E-state index is 0.320. The average molecular weight is 317 g/mol. The van der Waals surface area contributed by atoms with E-state index < -0.39 is 18.0 Å².